The molecule has 2 aromatic rings. The van der Waals surface area contributed by atoms with E-state index >= 15 is 0 Å². The van der Waals surface area contributed by atoms with Crippen molar-refractivity contribution in [1.82, 2.24) is 0 Å². The SMILES string of the molecule is COc1ccc(C2(CN=C(N)Nc3ccc(OC)c(OC)c3)CCCCC2)cc1. The number of hydrogen-bond acceptors (Lipinski definition) is 4. The molecule has 1 aliphatic carbocycles. The molecule has 0 aromatic heterocycles. The molecule has 0 unspecified atom stereocenters. The number of nitrogens with two attached hydrogens (primary N) is 1. The third-order valence-corrected chi connectivity index (χ3v) is 5.72. The van der Waals surface area contributed by atoms with Crippen LogP contribution in [0.1, 0.15) is 37.7 Å². The fourth-order valence-corrected chi connectivity index (χ4v) is 4.05. The molecule has 0 amide bonds. The fraction of sp³-hybridized carbons (Fsp3) is 0.435. The van der Waals surface area contributed by atoms with E-state index in [1.165, 1.54) is 24.8 Å². The summed E-state index contributed by atoms with van der Waals surface area (Å²) in [6, 6.07) is 14.0. The van der Waals surface area contributed by atoms with Crippen LogP contribution in [-0.2, 0) is 5.41 Å². The molecule has 1 saturated carbocycles. The highest BCUT2D eigenvalue weighted by molar-refractivity contribution is 5.92. The summed E-state index contributed by atoms with van der Waals surface area (Å²) in [6.07, 6.45) is 5.94. The van der Waals surface area contributed by atoms with E-state index in [1.54, 1.807) is 21.3 Å². The van der Waals surface area contributed by atoms with Gasteiger partial charge in [0.05, 0.1) is 27.9 Å². The summed E-state index contributed by atoms with van der Waals surface area (Å²) in [4.78, 5) is 4.71. The van der Waals surface area contributed by atoms with Crippen molar-refractivity contribution in [3.05, 3.63) is 48.0 Å². The standard InChI is InChI=1S/C23H31N3O3/c1-27-19-10-7-17(8-11-19)23(13-5-4-6-14-23)16-25-22(24)26-18-9-12-20(28-2)21(15-18)29-3/h7-12,15H,4-6,13-14,16H2,1-3H3,(H3,24,25,26). The van der Waals surface area contributed by atoms with Crippen LogP contribution in [0.3, 0.4) is 0 Å². The Labute approximate surface area is 173 Å². The van der Waals surface area contributed by atoms with E-state index in [0.29, 0.717) is 24.0 Å². The number of benzene rings is 2. The van der Waals surface area contributed by atoms with Gasteiger partial charge in [0.2, 0.25) is 0 Å². The molecule has 6 heteroatoms. The van der Waals surface area contributed by atoms with Gasteiger partial charge in [-0.25, -0.2) is 0 Å². The van der Waals surface area contributed by atoms with Crippen LogP contribution in [0.5, 0.6) is 17.2 Å². The lowest BCUT2D eigenvalue weighted by molar-refractivity contribution is 0.301. The number of hydrogen-bond donors (Lipinski definition) is 2. The lowest BCUT2D eigenvalue weighted by Crippen LogP contribution is -2.34. The summed E-state index contributed by atoms with van der Waals surface area (Å²) in [7, 11) is 4.92. The van der Waals surface area contributed by atoms with Gasteiger partial charge < -0.3 is 25.3 Å². The van der Waals surface area contributed by atoms with Gasteiger partial charge in [-0.2, -0.15) is 0 Å². The van der Waals surface area contributed by atoms with Crippen molar-refractivity contribution in [3.8, 4) is 17.2 Å². The predicted octanol–water partition coefficient (Wildman–Crippen LogP) is 4.34. The molecule has 0 saturated heterocycles. The molecule has 3 rings (SSSR count). The number of aliphatic imine (C=N–C) groups is 1. The van der Waals surface area contributed by atoms with Crippen LogP contribution in [0.15, 0.2) is 47.5 Å². The Balaban J connectivity index is 1.76. The smallest absolute Gasteiger partial charge is 0.193 e. The summed E-state index contributed by atoms with van der Waals surface area (Å²) in [5.74, 6) is 2.59. The van der Waals surface area contributed by atoms with Gasteiger partial charge in [0.1, 0.15) is 5.75 Å². The third kappa shape index (κ3) is 4.94. The molecule has 3 N–H and O–H groups in total. The van der Waals surface area contributed by atoms with Crippen molar-refractivity contribution in [1.29, 1.82) is 0 Å². The Morgan fingerprint density at radius 2 is 1.62 bits per heavy atom. The van der Waals surface area contributed by atoms with E-state index < -0.39 is 0 Å². The first kappa shape index (κ1) is 20.8. The van der Waals surface area contributed by atoms with Crippen LogP contribution >= 0.6 is 0 Å². The maximum Gasteiger partial charge on any atom is 0.193 e. The van der Waals surface area contributed by atoms with Crippen LogP contribution in [0, 0.1) is 0 Å². The van der Waals surface area contributed by atoms with E-state index in [1.807, 2.05) is 30.3 Å². The first-order chi connectivity index (χ1) is 14.1. The molecule has 6 nitrogen and oxygen atoms in total. The molecule has 1 aliphatic rings. The Morgan fingerprint density at radius 3 is 2.24 bits per heavy atom. The fourth-order valence-electron chi connectivity index (χ4n) is 4.05. The quantitative estimate of drug-likeness (QED) is 0.537. The van der Waals surface area contributed by atoms with Crippen LogP contribution in [0.25, 0.3) is 0 Å². The van der Waals surface area contributed by atoms with Gasteiger partial charge in [-0.05, 0) is 42.7 Å². The zero-order valence-corrected chi connectivity index (χ0v) is 17.5. The Kier molecular flexibility index (Phi) is 6.86. The van der Waals surface area contributed by atoms with Gasteiger partial charge in [-0.15, -0.1) is 0 Å². The summed E-state index contributed by atoms with van der Waals surface area (Å²) >= 11 is 0. The highest BCUT2D eigenvalue weighted by Gasteiger charge is 2.33. The molecule has 2 aromatic carbocycles. The highest BCUT2D eigenvalue weighted by atomic mass is 16.5. The predicted molar refractivity (Wildman–Crippen MR) is 117 cm³/mol. The molecule has 0 bridgehead atoms. The molecule has 1 fully saturated rings. The van der Waals surface area contributed by atoms with Crippen LogP contribution in [-0.4, -0.2) is 33.8 Å². The average molecular weight is 398 g/mol. The summed E-state index contributed by atoms with van der Waals surface area (Å²) in [5, 5.41) is 3.17. The topological polar surface area (TPSA) is 78.1 Å². The molecular formula is C23H31N3O3. The minimum Gasteiger partial charge on any atom is -0.497 e. The molecule has 0 heterocycles. The maximum atomic E-state index is 6.21. The molecular weight excluding hydrogens is 366 g/mol. The minimum absolute atomic E-state index is 0.0222. The van der Waals surface area contributed by atoms with Crippen molar-refractivity contribution in [2.24, 2.45) is 10.7 Å². The second-order valence-corrected chi connectivity index (χ2v) is 7.47. The lowest BCUT2D eigenvalue weighted by atomic mass is 9.69. The van der Waals surface area contributed by atoms with Gasteiger partial charge >= 0.3 is 0 Å². The largest absolute Gasteiger partial charge is 0.497 e. The second kappa shape index (κ2) is 9.54. The number of nitrogens with zero attached hydrogens (tertiary/aromatic N) is 1. The van der Waals surface area contributed by atoms with Gasteiger partial charge in [0, 0.05) is 17.2 Å². The third-order valence-electron chi connectivity index (χ3n) is 5.72. The zero-order chi connectivity index (χ0) is 20.7. The Morgan fingerprint density at radius 1 is 0.931 bits per heavy atom. The van der Waals surface area contributed by atoms with Gasteiger partial charge in [-0.3, -0.25) is 4.99 Å². The maximum absolute atomic E-state index is 6.21. The summed E-state index contributed by atoms with van der Waals surface area (Å²) in [5.41, 5.74) is 8.35. The van der Waals surface area contributed by atoms with Crippen molar-refractivity contribution >= 4 is 11.6 Å². The molecule has 0 aliphatic heterocycles. The van der Waals surface area contributed by atoms with E-state index in [2.05, 4.69) is 17.4 Å². The number of methoxy groups -OCH3 is 3. The molecule has 0 radical (unpaired) electrons. The number of anilines is 1. The van der Waals surface area contributed by atoms with Crippen molar-refractivity contribution in [2.75, 3.05) is 33.2 Å². The number of rotatable bonds is 7. The van der Waals surface area contributed by atoms with Crippen LogP contribution < -0.4 is 25.3 Å². The van der Waals surface area contributed by atoms with E-state index in [-0.39, 0.29) is 5.41 Å². The molecule has 0 spiro atoms. The molecule has 156 valence electrons. The second-order valence-electron chi connectivity index (χ2n) is 7.47. The molecule has 0 atom stereocenters. The first-order valence-corrected chi connectivity index (χ1v) is 10.0. The van der Waals surface area contributed by atoms with E-state index in [4.69, 9.17) is 24.9 Å². The van der Waals surface area contributed by atoms with Crippen molar-refractivity contribution in [3.63, 3.8) is 0 Å². The van der Waals surface area contributed by atoms with E-state index in [9.17, 15) is 0 Å². The van der Waals surface area contributed by atoms with Crippen LogP contribution in [0.4, 0.5) is 5.69 Å². The van der Waals surface area contributed by atoms with Crippen molar-refractivity contribution in [2.45, 2.75) is 37.5 Å². The lowest BCUT2D eigenvalue weighted by Gasteiger charge is -2.36. The molecule has 29 heavy (non-hydrogen) atoms. The zero-order valence-electron chi connectivity index (χ0n) is 17.5. The summed E-state index contributed by atoms with van der Waals surface area (Å²) < 4.78 is 15.9. The monoisotopic (exact) mass is 397 g/mol. The minimum atomic E-state index is 0.0222. The van der Waals surface area contributed by atoms with E-state index in [0.717, 1.165) is 24.3 Å². The van der Waals surface area contributed by atoms with Gasteiger partial charge in [0.15, 0.2) is 17.5 Å². The Bertz CT molecular complexity index is 828. The van der Waals surface area contributed by atoms with Gasteiger partial charge in [0.25, 0.3) is 0 Å². The number of nitrogens with one attached hydrogen (secondary N) is 1. The normalized spacial score (nSPS) is 16.2. The Hall–Kier alpha value is -2.89. The highest BCUT2D eigenvalue weighted by Crippen LogP contribution is 2.40. The van der Waals surface area contributed by atoms with Crippen LogP contribution in [0.2, 0.25) is 0 Å². The number of ether oxygens (including phenoxy) is 3. The van der Waals surface area contributed by atoms with Gasteiger partial charge in [-0.1, -0.05) is 31.4 Å². The summed E-state index contributed by atoms with van der Waals surface area (Å²) in [6.45, 7) is 0.658. The first-order valence-electron chi connectivity index (χ1n) is 10.0. The van der Waals surface area contributed by atoms with Crippen molar-refractivity contribution < 1.29 is 14.2 Å². The average Bonchev–Trinajstić information content (AvgIpc) is 2.78. The number of guanidine groups is 1.